The highest BCUT2D eigenvalue weighted by Crippen LogP contribution is 2.36. The lowest BCUT2D eigenvalue weighted by Gasteiger charge is -2.32. The fraction of sp³-hybridized carbons (Fsp3) is 0.750. The quantitative estimate of drug-likeness (QED) is 0.633. The number of aromatic nitrogens is 1. The molecule has 0 aromatic carbocycles. The Balaban J connectivity index is 2.02. The number of aryl methyl sites for hydroxylation is 1. The van der Waals surface area contributed by atoms with Gasteiger partial charge in [0.25, 0.3) is 0 Å². The van der Waals surface area contributed by atoms with E-state index in [1.165, 1.54) is 4.88 Å². The van der Waals surface area contributed by atoms with E-state index in [0.717, 1.165) is 37.9 Å². The van der Waals surface area contributed by atoms with Gasteiger partial charge in [0, 0.05) is 28.8 Å². The van der Waals surface area contributed by atoms with Gasteiger partial charge in [-0.3, -0.25) is 9.59 Å². The highest BCUT2D eigenvalue weighted by molar-refractivity contribution is 7.15. The molecule has 1 aromatic heterocycles. The van der Waals surface area contributed by atoms with E-state index in [-0.39, 0.29) is 11.8 Å². The number of anilines is 1. The number of hydrogen-bond acceptors (Lipinski definition) is 5. The molecule has 0 fully saturated rings. The summed E-state index contributed by atoms with van der Waals surface area (Å²) in [4.78, 5) is 30.8. The molecule has 27 heavy (non-hydrogen) atoms. The van der Waals surface area contributed by atoms with Crippen LogP contribution in [0, 0.1) is 10.8 Å². The molecule has 0 aliphatic heterocycles. The lowest BCUT2D eigenvalue weighted by molar-refractivity contribution is -0.133. The Hall–Kier alpha value is -1.47. The van der Waals surface area contributed by atoms with Crippen LogP contribution in [-0.2, 0) is 22.4 Å². The lowest BCUT2D eigenvalue weighted by Crippen LogP contribution is -2.42. The second-order valence-electron chi connectivity index (χ2n) is 8.76. The van der Waals surface area contributed by atoms with Gasteiger partial charge in [0.2, 0.25) is 11.8 Å². The van der Waals surface area contributed by atoms with Gasteiger partial charge in [0.1, 0.15) is 0 Å². The molecule has 1 atom stereocenters. The van der Waals surface area contributed by atoms with Crippen molar-refractivity contribution in [2.24, 2.45) is 10.8 Å². The van der Waals surface area contributed by atoms with Crippen molar-refractivity contribution in [3.63, 3.8) is 0 Å². The van der Waals surface area contributed by atoms with E-state index in [9.17, 15) is 9.59 Å². The highest BCUT2D eigenvalue weighted by Gasteiger charge is 2.39. The smallest absolute Gasteiger partial charge is 0.231 e. The molecule has 152 valence electrons. The van der Waals surface area contributed by atoms with Crippen LogP contribution in [0.25, 0.3) is 0 Å². The summed E-state index contributed by atoms with van der Waals surface area (Å²) in [6, 6.07) is 0.506. The van der Waals surface area contributed by atoms with Crippen LogP contribution in [0.1, 0.15) is 64.5 Å². The van der Waals surface area contributed by atoms with Crippen molar-refractivity contribution < 1.29 is 9.59 Å². The van der Waals surface area contributed by atoms with Crippen molar-refractivity contribution in [1.82, 2.24) is 15.6 Å². The minimum atomic E-state index is -0.673. The van der Waals surface area contributed by atoms with Crippen molar-refractivity contribution in [3.8, 4) is 0 Å². The molecular weight excluding hydrogens is 360 g/mol. The Labute approximate surface area is 166 Å². The summed E-state index contributed by atoms with van der Waals surface area (Å²) in [6.45, 7) is 10.7. The van der Waals surface area contributed by atoms with E-state index in [1.54, 1.807) is 18.4 Å². The van der Waals surface area contributed by atoms with E-state index in [2.05, 4.69) is 27.9 Å². The number of hydrogen-bond donors (Lipinski definition) is 3. The molecule has 3 N–H and O–H groups in total. The Morgan fingerprint density at radius 2 is 1.85 bits per heavy atom. The van der Waals surface area contributed by atoms with Crippen LogP contribution < -0.4 is 16.0 Å². The Morgan fingerprint density at radius 3 is 2.48 bits per heavy atom. The van der Waals surface area contributed by atoms with Gasteiger partial charge in [-0.05, 0) is 38.6 Å². The van der Waals surface area contributed by atoms with Gasteiger partial charge < -0.3 is 16.0 Å². The Bertz CT molecular complexity index is 682. The van der Waals surface area contributed by atoms with Crippen LogP contribution >= 0.6 is 11.3 Å². The minimum Gasteiger partial charge on any atom is -0.359 e. The first-order chi connectivity index (χ1) is 12.6. The zero-order chi connectivity index (χ0) is 20.2. The number of thiazole rings is 1. The normalized spacial score (nSPS) is 17.3. The molecule has 2 rings (SSSR count). The van der Waals surface area contributed by atoms with Crippen molar-refractivity contribution in [2.75, 3.05) is 18.9 Å². The first-order valence-electron chi connectivity index (χ1n) is 9.84. The number of carbonyl (C=O) groups is 2. The topological polar surface area (TPSA) is 83.1 Å². The third kappa shape index (κ3) is 5.51. The van der Waals surface area contributed by atoms with Crippen molar-refractivity contribution in [2.45, 2.75) is 72.8 Å². The molecule has 7 heteroatoms. The third-order valence-corrected chi connectivity index (χ3v) is 6.22. The third-order valence-electron chi connectivity index (χ3n) is 5.18. The van der Waals surface area contributed by atoms with Crippen LogP contribution in [0.3, 0.4) is 0 Å². The molecule has 0 unspecified atom stereocenters. The summed E-state index contributed by atoms with van der Waals surface area (Å²) < 4.78 is 0. The summed E-state index contributed by atoms with van der Waals surface area (Å²) >= 11 is 1.58. The van der Waals surface area contributed by atoms with Crippen molar-refractivity contribution in [1.29, 1.82) is 0 Å². The molecule has 1 aliphatic rings. The molecule has 6 nitrogen and oxygen atoms in total. The fourth-order valence-electron chi connectivity index (χ4n) is 3.82. The summed E-state index contributed by atoms with van der Waals surface area (Å²) in [7, 11) is 1.62. The predicted molar refractivity (Wildman–Crippen MR) is 111 cm³/mol. The summed E-state index contributed by atoms with van der Waals surface area (Å²) in [6.07, 6.45) is 4.62. The van der Waals surface area contributed by atoms with E-state index < -0.39 is 10.8 Å². The van der Waals surface area contributed by atoms with Crippen LogP contribution in [0.2, 0.25) is 0 Å². The first kappa shape index (κ1) is 21.8. The molecule has 2 amide bonds. The van der Waals surface area contributed by atoms with Gasteiger partial charge in [-0.15, -0.1) is 11.3 Å². The summed E-state index contributed by atoms with van der Waals surface area (Å²) in [5.41, 5.74) is -0.170. The second kappa shape index (κ2) is 8.69. The molecule has 0 bridgehead atoms. The molecule has 1 aromatic rings. The average molecular weight is 395 g/mol. The number of nitrogens with one attached hydrogen (secondary N) is 3. The maximum Gasteiger partial charge on any atom is 0.231 e. The Kier molecular flexibility index (Phi) is 7.03. The molecular formula is C20H34N4O2S. The standard InChI is InChI=1S/C20H34N4O2S/c1-7-10-22-13-8-9-14-15(11-13)27-18(23-14)24-17(26)20(4,5)12-19(2,3)16(25)21-6/h13,22H,7-12H2,1-6H3,(H,21,25)(H,23,24,26)/t13-/m0/s1. The molecule has 0 saturated heterocycles. The molecule has 0 spiro atoms. The molecule has 0 radical (unpaired) electrons. The SMILES string of the molecule is CCCN[C@H]1CCc2nc(NC(=O)C(C)(C)CC(C)(C)C(=O)NC)sc2C1. The molecule has 0 saturated carbocycles. The Morgan fingerprint density at radius 1 is 1.19 bits per heavy atom. The minimum absolute atomic E-state index is 0.0568. The second-order valence-corrected chi connectivity index (χ2v) is 9.84. The van der Waals surface area contributed by atoms with E-state index in [0.29, 0.717) is 17.6 Å². The number of rotatable bonds is 8. The van der Waals surface area contributed by atoms with Gasteiger partial charge >= 0.3 is 0 Å². The fourth-order valence-corrected chi connectivity index (χ4v) is 4.90. The van der Waals surface area contributed by atoms with Crippen LogP contribution in [-0.4, -0.2) is 36.4 Å². The van der Waals surface area contributed by atoms with Gasteiger partial charge in [0.05, 0.1) is 5.69 Å². The van der Waals surface area contributed by atoms with Crippen LogP contribution in [0.15, 0.2) is 0 Å². The van der Waals surface area contributed by atoms with E-state index >= 15 is 0 Å². The highest BCUT2D eigenvalue weighted by atomic mass is 32.1. The number of carbonyl (C=O) groups excluding carboxylic acids is 2. The molecule has 1 heterocycles. The van der Waals surface area contributed by atoms with Gasteiger partial charge in [-0.25, -0.2) is 4.98 Å². The van der Waals surface area contributed by atoms with Gasteiger partial charge in [0.15, 0.2) is 5.13 Å². The maximum absolute atomic E-state index is 12.9. The van der Waals surface area contributed by atoms with Gasteiger partial charge in [-0.1, -0.05) is 34.6 Å². The summed E-state index contributed by atoms with van der Waals surface area (Å²) in [5, 5.41) is 9.93. The van der Waals surface area contributed by atoms with Crippen molar-refractivity contribution >= 4 is 28.3 Å². The average Bonchev–Trinajstić information content (AvgIpc) is 2.99. The predicted octanol–water partition coefficient (Wildman–Crippen LogP) is 3.13. The zero-order valence-electron chi connectivity index (χ0n) is 17.5. The van der Waals surface area contributed by atoms with E-state index in [1.807, 2.05) is 27.7 Å². The van der Waals surface area contributed by atoms with Crippen LogP contribution in [0.5, 0.6) is 0 Å². The van der Waals surface area contributed by atoms with Gasteiger partial charge in [-0.2, -0.15) is 0 Å². The largest absolute Gasteiger partial charge is 0.359 e. The zero-order valence-corrected chi connectivity index (χ0v) is 18.3. The van der Waals surface area contributed by atoms with Crippen LogP contribution in [0.4, 0.5) is 5.13 Å². The number of amides is 2. The maximum atomic E-state index is 12.9. The first-order valence-corrected chi connectivity index (χ1v) is 10.7. The van der Waals surface area contributed by atoms with Crippen molar-refractivity contribution in [3.05, 3.63) is 10.6 Å². The van der Waals surface area contributed by atoms with E-state index in [4.69, 9.17) is 0 Å². The lowest BCUT2D eigenvalue weighted by atomic mass is 9.74. The monoisotopic (exact) mass is 394 g/mol. The molecule has 1 aliphatic carbocycles. The summed E-state index contributed by atoms with van der Waals surface area (Å²) in [5.74, 6) is -0.148. The number of nitrogens with zero attached hydrogens (tertiary/aromatic N) is 1. The number of fused-ring (bicyclic) bond motifs is 1.